The number of fused-ring (bicyclic) bond motifs is 2. The van der Waals surface area contributed by atoms with Crippen LogP contribution in [0.25, 0.3) is 6.08 Å². The lowest BCUT2D eigenvalue weighted by atomic mass is 9.62. The van der Waals surface area contributed by atoms with Crippen LogP contribution < -0.4 is 0 Å². The summed E-state index contributed by atoms with van der Waals surface area (Å²) in [7, 11) is 0. The van der Waals surface area contributed by atoms with E-state index in [1.807, 2.05) is 0 Å². The molecule has 0 unspecified atom stereocenters. The first-order chi connectivity index (χ1) is 9.85. The third kappa shape index (κ3) is 2.25. The summed E-state index contributed by atoms with van der Waals surface area (Å²) >= 11 is 0. The smallest absolute Gasteiger partial charge is 0.200 e. The van der Waals surface area contributed by atoms with Crippen LogP contribution in [0.1, 0.15) is 31.2 Å². The van der Waals surface area contributed by atoms with Gasteiger partial charge >= 0.3 is 0 Å². The molecule has 0 aromatic heterocycles. The number of phenols is 1. The first kappa shape index (κ1) is 14.2. The first-order valence-corrected chi connectivity index (χ1v) is 6.83. The van der Waals surface area contributed by atoms with Crippen LogP contribution in [0.4, 0.5) is 13.2 Å². The molecule has 2 N–H and O–H groups in total. The molecule has 0 atom stereocenters. The van der Waals surface area contributed by atoms with Gasteiger partial charge in [0.05, 0.1) is 0 Å². The van der Waals surface area contributed by atoms with Gasteiger partial charge in [0.25, 0.3) is 0 Å². The maximum Gasteiger partial charge on any atom is 0.200 e. The van der Waals surface area contributed by atoms with Crippen molar-refractivity contribution in [3.63, 3.8) is 0 Å². The number of rotatable bonds is 2. The highest BCUT2D eigenvalue weighted by molar-refractivity contribution is 5.54. The number of hydrogen-bond donors (Lipinski definition) is 2. The molecule has 1 aromatic rings. The fourth-order valence-corrected chi connectivity index (χ4v) is 3.05. The van der Waals surface area contributed by atoms with Crippen molar-refractivity contribution in [2.24, 2.45) is 5.41 Å². The maximum atomic E-state index is 13.8. The lowest BCUT2D eigenvalue weighted by Gasteiger charge is -2.45. The molecule has 21 heavy (non-hydrogen) atoms. The third-order valence-corrected chi connectivity index (χ3v) is 4.55. The Morgan fingerprint density at radius 3 is 2.29 bits per heavy atom. The normalized spacial score (nSPS) is 31.7. The van der Waals surface area contributed by atoms with Crippen molar-refractivity contribution >= 4 is 6.08 Å². The predicted octanol–water partition coefficient (Wildman–Crippen LogP) is 3.84. The van der Waals surface area contributed by atoms with E-state index in [4.69, 9.17) is 5.11 Å². The van der Waals surface area contributed by atoms with Gasteiger partial charge in [0.2, 0.25) is 5.82 Å². The molecule has 0 radical (unpaired) electrons. The number of allylic oxidation sites excluding steroid dienone is 2. The molecular weight excluding hydrogens is 281 g/mol. The Labute approximate surface area is 120 Å². The summed E-state index contributed by atoms with van der Waals surface area (Å²) in [6.07, 6.45) is 6.21. The molecule has 5 heteroatoms. The molecule has 3 aliphatic rings. The van der Waals surface area contributed by atoms with Gasteiger partial charge in [-0.15, -0.1) is 0 Å². The van der Waals surface area contributed by atoms with Gasteiger partial charge in [0, 0.05) is 11.0 Å². The molecule has 2 nitrogen and oxygen atoms in total. The van der Waals surface area contributed by atoms with Crippen molar-refractivity contribution < 1.29 is 23.4 Å². The predicted molar refractivity (Wildman–Crippen MR) is 72.1 cm³/mol. The molecule has 112 valence electrons. The van der Waals surface area contributed by atoms with Gasteiger partial charge < -0.3 is 10.2 Å². The van der Waals surface area contributed by atoms with Gasteiger partial charge in [-0.3, -0.25) is 0 Å². The number of phenolic OH excluding ortho intramolecular Hbond substituents is 1. The molecule has 2 bridgehead atoms. The molecular formula is C16H15F3O2. The second-order valence-corrected chi connectivity index (χ2v) is 5.89. The maximum absolute atomic E-state index is 13.8. The molecule has 0 saturated heterocycles. The van der Waals surface area contributed by atoms with E-state index in [1.165, 1.54) is 18.2 Å². The van der Waals surface area contributed by atoms with Gasteiger partial charge in [-0.2, -0.15) is 4.39 Å². The molecule has 1 aromatic carbocycles. The number of benzene rings is 1. The van der Waals surface area contributed by atoms with E-state index < -0.39 is 34.2 Å². The molecule has 1 fully saturated rings. The summed E-state index contributed by atoms with van der Waals surface area (Å²) < 4.78 is 40.8. The highest BCUT2D eigenvalue weighted by Gasteiger charge is 2.47. The third-order valence-electron chi connectivity index (χ3n) is 4.55. The molecule has 4 rings (SSSR count). The van der Waals surface area contributed by atoms with Gasteiger partial charge in [0.1, 0.15) is 11.4 Å². The van der Waals surface area contributed by atoms with E-state index in [1.54, 1.807) is 6.08 Å². The fourth-order valence-electron chi connectivity index (χ4n) is 3.05. The SMILES string of the molecule is Oc1ccc(/C=C/C23C=C(F)C(O)(CC2)CC3)c(F)c1F. The lowest BCUT2D eigenvalue weighted by molar-refractivity contribution is -0.0180. The fraction of sp³-hybridized carbons (Fsp3) is 0.375. The van der Waals surface area contributed by atoms with E-state index in [-0.39, 0.29) is 5.56 Å². The topological polar surface area (TPSA) is 40.5 Å². The summed E-state index contributed by atoms with van der Waals surface area (Å²) in [5.41, 5.74) is -1.90. The number of halogens is 3. The summed E-state index contributed by atoms with van der Waals surface area (Å²) in [5.74, 6) is -3.70. The minimum Gasteiger partial charge on any atom is -0.505 e. The Hall–Kier alpha value is -1.75. The van der Waals surface area contributed by atoms with Crippen LogP contribution in [-0.4, -0.2) is 15.8 Å². The monoisotopic (exact) mass is 296 g/mol. The number of hydrogen-bond acceptors (Lipinski definition) is 2. The lowest BCUT2D eigenvalue weighted by Crippen LogP contribution is -2.43. The van der Waals surface area contributed by atoms with Crippen LogP contribution >= 0.6 is 0 Å². The molecule has 0 spiro atoms. The van der Waals surface area contributed by atoms with Crippen molar-refractivity contribution in [3.05, 3.63) is 47.3 Å². The first-order valence-electron chi connectivity index (χ1n) is 6.83. The molecule has 0 amide bonds. The summed E-state index contributed by atoms with van der Waals surface area (Å²) in [6, 6.07) is 2.34. The Kier molecular flexibility index (Phi) is 3.13. The van der Waals surface area contributed by atoms with Gasteiger partial charge in [0.15, 0.2) is 11.6 Å². The minimum absolute atomic E-state index is 0.000100. The highest BCUT2D eigenvalue weighted by Crippen LogP contribution is 2.52. The number of aliphatic hydroxyl groups is 1. The van der Waals surface area contributed by atoms with Gasteiger partial charge in [-0.05, 0) is 43.9 Å². The second kappa shape index (κ2) is 4.63. The van der Waals surface area contributed by atoms with E-state index in [0.717, 1.165) is 6.07 Å². The minimum atomic E-state index is -1.34. The van der Waals surface area contributed by atoms with Crippen molar-refractivity contribution in [1.29, 1.82) is 0 Å². The Morgan fingerprint density at radius 2 is 1.67 bits per heavy atom. The average molecular weight is 296 g/mol. The zero-order valence-corrected chi connectivity index (χ0v) is 11.2. The van der Waals surface area contributed by atoms with Crippen molar-refractivity contribution in [2.45, 2.75) is 31.3 Å². The molecule has 0 aliphatic heterocycles. The summed E-state index contributed by atoms with van der Waals surface area (Å²) in [6.45, 7) is 0. The number of aromatic hydroxyl groups is 1. The molecule has 3 aliphatic carbocycles. The van der Waals surface area contributed by atoms with Crippen LogP contribution in [0.3, 0.4) is 0 Å². The van der Waals surface area contributed by atoms with E-state index in [0.29, 0.717) is 25.7 Å². The Bertz CT molecular complexity index is 641. The largest absolute Gasteiger partial charge is 0.505 e. The van der Waals surface area contributed by atoms with Gasteiger partial charge in [-0.25, -0.2) is 8.78 Å². The standard InChI is InChI=1S/C16H15F3O2/c17-12-9-15(5-7-16(12,21)8-6-15)4-3-10-1-2-11(20)14(19)13(10)18/h1-4,9,20-21H,5-8H2/b4-3+. The summed E-state index contributed by atoms with van der Waals surface area (Å²) in [5, 5.41) is 19.1. The highest BCUT2D eigenvalue weighted by atomic mass is 19.2. The Balaban J connectivity index is 1.93. The van der Waals surface area contributed by atoms with Crippen molar-refractivity contribution in [1.82, 2.24) is 0 Å². The van der Waals surface area contributed by atoms with Crippen LogP contribution in [0.15, 0.2) is 30.1 Å². The summed E-state index contributed by atoms with van der Waals surface area (Å²) in [4.78, 5) is 0. The van der Waals surface area contributed by atoms with Crippen molar-refractivity contribution in [2.75, 3.05) is 0 Å². The quantitative estimate of drug-likeness (QED) is 0.870. The van der Waals surface area contributed by atoms with Crippen LogP contribution in [0.5, 0.6) is 5.75 Å². The van der Waals surface area contributed by atoms with Crippen LogP contribution in [-0.2, 0) is 0 Å². The zero-order valence-electron chi connectivity index (χ0n) is 11.2. The van der Waals surface area contributed by atoms with Gasteiger partial charge in [-0.1, -0.05) is 12.2 Å². The second-order valence-electron chi connectivity index (χ2n) is 5.89. The van der Waals surface area contributed by atoms with E-state index >= 15 is 0 Å². The average Bonchev–Trinajstić information content (AvgIpc) is 2.46. The van der Waals surface area contributed by atoms with Crippen molar-refractivity contribution in [3.8, 4) is 5.75 Å². The van der Waals surface area contributed by atoms with Crippen LogP contribution in [0, 0.1) is 17.0 Å². The molecule has 0 heterocycles. The Morgan fingerprint density at radius 1 is 1.00 bits per heavy atom. The van der Waals surface area contributed by atoms with Crippen LogP contribution in [0.2, 0.25) is 0 Å². The van der Waals surface area contributed by atoms with E-state index in [9.17, 15) is 18.3 Å². The van der Waals surface area contributed by atoms with E-state index in [2.05, 4.69) is 0 Å². The molecule has 1 saturated carbocycles. The zero-order chi connectivity index (χ0) is 15.3.